The van der Waals surface area contributed by atoms with Crippen LogP contribution in [-0.4, -0.2) is 39.3 Å². The van der Waals surface area contributed by atoms with Gasteiger partial charge in [-0.1, -0.05) is 51.7 Å². The quantitative estimate of drug-likeness (QED) is 0.264. The van der Waals surface area contributed by atoms with Crippen LogP contribution in [-0.2, 0) is 0 Å². The molecule has 3 aromatic rings. The van der Waals surface area contributed by atoms with E-state index in [9.17, 15) is 5.11 Å². The predicted octanol–water partition coefficient (Wildman–Crippen LogP) is 6.26. The Morgan fingerprint density at radius 2 is 1.88 bits per heavy atom. The fourth-order valence-corrected chi connectivity index (χ4v) is 4.97. The summed E-state index contributed by atoms with van der Waals surface area (Å²) in [5.74, 6) is 1.75. The van der Waals surface area contributed by atoms with Crippen LogP contribution in [0.5, 0.6) is 0 Å². The van der Waals surface area contributed by atoms with Crippen LogP contribution in [0.1, 0.15) is 65.0 Å². The number of anilines is 2. The number of hydrogen-bond acceptors (Lipinski definition) is 7. The van der Waals surface area contributed by atoms with Gasteiger partial charge < -0.3 is 15.7 Å². The summed E-state index contributed by atoms with van der Waals surface area (Å²) in [4.78, 5) is 14.5. The zero-order valence-electron chi connectivity index (χ0n) is 19.8. The van der Waals surface area contributed by atoms with Gasteiger partial charge in [0.25, 0.3) is 0 Å². The molecular weight excluding hydrogens is 418 g/mol. The molecule has 0 bridgehead atoms. The van der Waals surface area contributed by atoms with Gasteiger partial charge in [0.05, 0.1) is 21.5 Å². The number of hydrogen-bond donors (Lipinski definition) is 3. The minimum atomic E-state index is 0.173. The van der Waals surface area contributed by atoms with E-state index >= 15 is 0 Å². The lowest BCUT2D eigenvalue weighted by Crippen LogP contribution is -2.23. The Labute approximate surface area is 195 Å². The number of fused-ring (bicyclic) bond motifs is 1. The van der Waals surface area contributed by atoms with E-state index in [4.69, 9.17) is 15.0 Å². The number of unbranched alkanes of at least 4 members (excludes halogenated alkanes) is 3. The third kappa shape index (κ3) is 6.39. The van der Waals surface area contributed by atoms with Crippen molar-refractivity contribution in [3.63, 3.8) is 0 Å². The van der Waals surface area contributed by atoms with Gasteiger partial charge in [-0.2, -0.15) is 4.98 Å². The minimum absolute atomic E-state index is 0.173. The van der Waals surface area contributed by atoms with Crippen molar-refractivity contribution in [2.75, 3.05) is 23.8 Å². The van der Waals surface area contributed by atoms with E-state index in [-0.39, 0.29) is 18.6 Å². The topological polar surface area (TPSA) is 83.0 Å². The fourth-order valence-electron chi connectivity index (χ4n) is 3.91. The Morgan fingerprint density at radius 3 is 2.59 bits per heavy atom. The predicted molar refractivity (Wildman–Crippen MR) is 137 cm³/mol. The van der Waals surface area contributed by atoms with E-state index < -0.39 is 0 Å². The highest BCUT2D eigenvalue weighted by molar-refractivity contribution is 7.21. The molecule has 2 aromatic heterocycles. The van der Waals surface area contributed by atoms with Gasteiger partial charge >= 0.3 is 0 Å². The number of aliphatic hydroxyl groups is 1. The number of thiazole rings is 1. The Bertz CT molecular complexity index is 953. The highest BCUT2D eigenvalue weighted by Gasteiger charge is 2.20. The van der Waals surface area contributed by atoms with Gasteiger partial charge in [0.2, 0.25) is 5.95 Å². The SMILES string of the molecule is CCCCCCNc1nc(C)c(-c2nc3ccccc3s2)c(NC(C)C[C@@H](CC)CO)n1. The maximum Gasteiger partial charge on any atom is 0.224 e. The van der Waals surface area contributed by atoms with Crippen molar-refractivity contribution in [3.05, 3.63) is 30.0 Å². The normalized spacial score (nSPS) is 13.3. The first kappa shape index (κ1) is 24.4. The number of nitrogens with zero attached hydrogens (tertiary/aromatic N) is 3. The van der Waals surface area contributed by atoms with Crippen LogP contribution in [0.15, 0.2) is 24.3 Å². The summed E-state index contributed by atoms with van der Waals surface area (Å²) in [7, 11) is 0. The van der Waals surface area contributed by atoms with Gasteiger partial charge in [-0.15, -0.1) is 11.3 Å². The molecule has 0 aliphatic heterocycles. The van der Waals surface area contributed by atoms with Crippen LogP contribution >= 0.6 is 11.3 Å². The van der Waals surface area contributed by atoms with Crippen molar-refractivity contribution in [2.45, 2.75) is 72.3 Å². The average molecular weight is 456 g/mol. The smallest absolute Gasteiger partial charge is 0.224 e. The van der Waals surface area contributed by atoms with Gasteiger partial charge in [0.15, 0.2) is 0 Å². The summed E-state index contributed by atoms with van der Waals surface area (Å²) in [5.41, 5.74) is 2.88. The van der Waals surface area contributed by atoms with Crippen LogP contribution in [0, 0.1) is 12.8 Å². The van der Waals surface area contributed by atoms with Crippen LogP contribution in [0.4, 0.5) is 11.8 Å². The average Bonchev–Trinajstić information content (AvgIpc) is 3.20. The fraction of sp³-hybridized carbons (Fsp3) is 0.560. The molecule has 0 aliphatic carbocycles. The van der Waals surface area contributed by atoms with E-state index in [2.05, 4.69) is 37.5 Å². The lowest BCUT2D eigenvalue weighted by molar-refractivity contribution is 0.211. The lowest BCUT2D eigenvalue weighted by Gasteiger charge is -2.21. The summed E-state index contributed by atoms with van der Waals surface area (Å²) in [6.07, 6.45) is 6.66. The van der Waals surface area contributed by atoms with Gasteiger partial charge in [-0.05, 0) is 44.7 Å². The second kappa shape index (κ2) is 12.1. The number of para-hydroxylation sites is 1. The summed E-state index contributed by atoms with van der Waals surface area (Å²) >= 11 is 1.67. The highest BCUT2D eigenvalue weighted by atomic mass is 32.1. The third-order valence-corrected chi connectivity index (χ3v) is 6.87. The standard InChI is InChI=1S/C25H37N5OS/c1-5-7-8-11-14-26-25-28-18(4)22(24-29-20-12-9-10-13-21(20)32-24)23(30-25)27-17(3)15-19(6-2)16-31/h9-10,12-13,17,19,31H,5-8,11,14-16H2,1-4H3,(H2,26,27,28,30)/t17?,19-/m1/s1. The van der Waals surface area contributed by atoms with E-state index in [1.165, 1.54) is 19.3 Å². The molecule has 2 heterocycles. The molecule has 0 spiro atoms. The van der Waals surface area contributed by atoms with Crippen molar-refractivity contribution in [1.82, 2.24) is 15.0 Å². The first-order valence-corrected chi connectivity index (χ1v) is 12.7. The number of benzene rings is 1. The van der Waals surface area contributed by atoms with Crippen LogP contribution in [0.25, 0.3) is 20.8 Å². The molecule has 0 saturated heterocycles. The van der Waals surface area contributed by atoms with Crippen molar-refractivity contribution in [3.8, 4) is 10.6 Å². The molecule has 3 N–H and O–H groups in total. The summed E-state index contributed by atoms with van der Waals surface area (Å²) in [5, 5.41) is 17.6. The van der Waals surface area contributed by atoms with Gasteiger partial charge in [-0.3, -0.25) is 0 Å². The molecular formula is C25H37N5OS. The number of aryl methyl sites for hydroxylation is 1. The van der Waals surface area contributed by atoms with Crippen molar-refractivity contribution in [2.24, 2.45) is 5.92 Å². The number of rotatable bonds is 13. The summed E-state index contributed by atoms with van der Waals surface area (Å²) in [6, 6.07) is 8.37. The molecule has 0 aliphatic rings. The Morgan fingerprint density at radius 1 is 1.06 bits per heavy atom. The maximum atomic E-state index is 9.63. The number of aliphatic hydroxyl groups excluding tert-OH is 1. The van der Waals surface area contributed by atoms with Crippen molar-refractivity contribution < 1.29 is 5.11 Å². The molecule has 0 amide bonds. The summed E-state index contributed by atoms with van der Waals surface area (Å²) < 4.78 is 1.16. The molecule has 1 unspecified atom stereocenters. The van der Waals surface area contributed by atoms with E-state index in [1.807, 2.05) is 25.1 Å². The molecule has 0 saturated carbocycles. The largest absolute Gasteiger partial charge is 0.396 e. The zero-order valence-corrected chi connectivity index (χ0v) is 20.6. The highest BCUT2D eigenvalue weighted by Crippen LogP contribution is 2.36. The molecule has 174 valence electrons. The van der Waals surface area contributed by atoms with E-state index in [0.29, 0.717) is 5.95 Å². The van der Waals surface area contributed by atoms with Gasteiger partial charge in [0.1, 0.15) is 10.8 Å². The summed E-state index contributed by atoms with van der Waals surface area (Å²) in [6.45, 7) is 9.60. The van der Waals surface area contributed by atoms with Crippen LogP contribution in [0.3, 0.4) is 0 Å². The van der Waals surface area contributed by atoms with Gasteiger partial charge in [-0.25, -0.2) is 9.97 Å². The zero-order chi connectivity index (χ0) is 22.9. The molecule has 6 nitrogen and oxygen atoms in total. The lowest BCUT2D eigenvalue weighted by atomic mass is 9.99. The van der Waals surface area contributed by atoms with Gasteiger partial charge in [0, 0.05) is 19.2 Å². The molecule has 32 heavy (non-hydrogen) atoms. The second-order valence-corrected chi connectivity index (χ2v) is 9.60. The van der Waals surface area contributed by atoms with Crippen molar-refractivity contribution >= 4 is 33.3 Å². The Kier molecular flexibility index (Phi) is 9.23. The maximum absolute atomic E-state index is 9.63. The first-order chi connectivity index (χ1) is 15.5. The molecule has 2 atom stereocenters. The minimum Gasteiger partial charge on any atom is -0.396 e. The number of aromatic nitrogens is 3. The third-order valence-electron chi connectivity index (χ3n) is 5.82. The molecule has 1 aromatic carbocycles. The first-order valence-electron chi connectivity index (χ1n) is 11.9. The second-order valence-electron chi connectivity index (χ2n) is 8.57. The van der Waals surface area contributed by atoms with Crippen LogP contribution in [0.2, 0.25) is 0 Å². The molecule has 3 rings (SSSR count). The van der Waals surface area contributed by atoms with E-state index in [1.54, 1.807) is 11.3 Å². The Hall–Kier alpha value is -2.25. The number of nitrogens with one attached hydrogen (secondary N) is 2. The van der Waals surface area contributed by atoms with E-state index in [0.717, 1.165) is 58.1 Å². The molecule has 0 fully saturated rings. The monoisotopic (exact) mass is 455 g/mol. The van der Waals surface area contributed by atoms with Crippen LogP contribution < -0.4 is 10.6 Å². The van der Waals surface area contributed by atoms with Crippen molar-refractivity contribution in [1.29, 1.82) is 0 Å². The molecule has 7 heteroatoms. The molecule has 0 radical (unpaired) electrons. The Balaban J connectivity index is 1.89.